The summed E-state index contributed by atoms with van der Waals surface area (Å²) >= 11 is 0. The van der Waals surface area contributed by atoms with Gasteiger partial charge in [-0.3, -0.25) is 14.5 Å². The van der Waals surface area contributed by atoms with Gasteiger partial charge in [0.15, 0.2) is 0 Å². The third-order valence-electron chi connectivity index (χ3n) is 5.96. The van der Waals surface area contributed by atoms with Crippen molar-refractivity contribution in [2.75, 3.05) is 26.2 Å². The van der Waals surface area contributed by atoms with Gasteiger partial charge in [0.25, 0.3) is 0 Å². The number of benzene rings is 1. The molecule has 1 saturated heterocycles. The summed E-state index contributed by atoms with van der Waals surface area (Å²) in [6.45, 7) is 3.97. The third-order valence-corrected chi connectivity index (χ3v) is 5.96. The summed E-state index contributed by atoms with van der Waals surface area (Å²) in [6, 6.07) is 10.4. The maximum absolute atomic E-state index is 13.0. The van der Waals surface area contributed by atoms with Crippen LogP contribution in [-0.2, 0) is 16.1 Å². The fourth-order valence-corrected chi connectivity index (χ4v) is 4.67. The van der Waals surface area contributed by atoms with Gasteiger partial charge >= 0.3 is 5.97 Å². The van der Waals surface area contributed by atoms with Crippen molar-refractivity contribution in [2.24, 2.45) is 23.7 Å². The highest BCUT2D eigenvalue weighted by atomic mass is 16.4. The molecule has 1 N–H and O–H groups in total. The minimum absolute atomic E-state index is 0.0378. The van der Waals surface area contributed by atoms with Crippen molar-refractivity contribution in [3.8, 4) is 0 Å². The molecule has 25 heavy (non-hydrogen) atoms. The Balaban J connectivity index is 1.37. The molecule has 4 rings (SSSR count). The zero-order chi connectivity index (χ0) is 17.4. The number of carboxylic acid groups (broad SMARTS) is 1. The molecular weight excluding hydrogens is 316 g/mol. The number of carbonyl (C=O) groups excluding carboxylic acids is 1. The lowest BCUT2D eigenvalue weighted by atomic mass is 9.82. The monoisotopic (exact) mass is 340 g/mol. The van der Waals surface area contributed by atoms with E-state index in [0.29, 0.717) is 13.1 Å². The Morgan fingerprint density at radius 2 is 1.60 bits per heavy atom. The van der Waals surface area contributed by atoms with E-state index >= 15 is 0 Å². The molecule has 1 aromatic carbocycles. The first-order valence-electron chi connectivity index (χ1n) is 9.09. The van der Waals surface area contributed by atoms with E-state index in [1.54, 1.807) is 0 Å². The van der Waals surface area contributed by atoms with Gasteiger partial charge in [-0.2, -0.15) is 0 Å². The number of aliphatic carboxylic acids is 1. The Bertz CT molecular complexity index is 679. The van der Waals surface area contributed by atoms with Crippen molar-refractivity contribution in [3.05, 3.63) is 48.0 Å². The molecule has 132 valence electrons. The SMILES string of the molecule is O=C(O)[C@H]1[C@@H](C(=O)N2CCN(Cc3ccccc3)CC2)[C@H]2C=C[C@@H]1C2. The van der Waals surface area contributed by atoms with E-state index in [1.165, 1.54) is 5.56 Å². The number of carbonyl (C=O) groups is 2. The van der Waals surface area contributed by atoms with Crippen LogP contribution in [0.4, 0.5) is 0 Å². The summed E-state index contributed by atoms with van der Waals surface area (Å²) < 4.78 is 0. The first kappa shape index (κ1) is 16.3. The molecular formula is C20H24N2O3. The van der Waals surface area contributed by atoms with Crippen LogP contribution in [0, 0.1) is 23.7 Å². The van der Waals surface area contributed by atoms with Gasteiger partial charge in [-0.05, 0) is 23.8 Å². The smallest absolute Gasteiger partial charge is 0.307 e. The van der Waals surface area contributed by atoms with Crippen molar-refractivity contribution in [3.63, 3.8) is 0 Å². The predicted octanol–water partition coefficient (Wildman–Crippen LogP) is 1.85. The Labute approximate surface area is 147 Å². The third kappa shape index (κ3) is 3.09. The van der Waals surface area contributed by atoms with Gasteiger partial charge < -0.3 is 10.0 Å². The zero-order valence-corrected chi connectivity index (χ0v) is 14.3. The number of fused-ring (bicyclic) bond motifs is 2. The Morgan fingerprint density at radius 3 is 2.24 bits per heavy atom. The Hall–Kier alpha value is -2.14. The molecule has 3 aliphatic rings. The van der Waals surface area contributed by atoms with Crippen LogP contribution in [0.25, 0.3) is 0 Å². The second-order valence-electron chi connectivity index (χ2n) is 7.43. The molecule has 2 aliphatic carbocycles. The van der Waals surface area contributed by atoms with Crippen LogP contribution in [-0.4, -0.2) is 53.0 Å². The Morgan fingerprint density at radius 1 is 0.960 bits per heavy atom. The number of amides is 1. The molecule has 1 aromatic rings. The number of nitrogens with zero attached hydrogens (tertiary/aromatic N) is 2. The predicted molar refractivity (Wildman–Crippen MR) is 93.7 cm³/mol. The summed E-state index contributed by atoms with van der Waals surface area (Å²) in [7, 11) is 0. The lowest BCUT2D eigenvalue weighted by Crippen LogP contribution is -2.52. The van der Waals surface area contributed by atoms with E-state index in [0.717, 1.165) is 26.1 Å². The molecule has 0 unspecified atom stereocenters. The maximum Gasteiger partial charge on any atom is 0.307 e. The van der Waals surface area contributed by atoms with Crippen LogP contribution in [0.5, 0.6) is 0 Å². The van der Waals surface area contributed by atoms with Gasteiger partial charge in [0.2, 0.25) is 5.91 Å². The second kappa shape index (κ2) is 6.64. The van der Waals surface area contributed by atoms with Gasteiger partial charge in [0, 0.05) is 32.7 Å². The number of carboxylic acids is 1. The van der Waals surface area contributed by atoms with Crippen molar-refractivity contribution in [1.29, 1.82) is 0 Å². The summed E-state index contributed by atoms with van der Waals surface area (Å²) in [5, 5.41) is 9.55. The first-order chi connectivity index (χ1) is 12.1. The summed E-state index contributed by atoms with van der Waals surface area (Å²) in [6.07, 6.45) is 4.87. The van der Waals surface area contributed by atoms with Crippen LogP contribution >= 0.6 is 0 Å². The highest BCUT2D eigenvalue weighted by Gasteiger charge is 2.52. The average Bonchev–Trinajstić information content (AvgIpc) is 3.24. The highest BCUT2D eigenvalue weighted by molar-refractivity contribution is 5.87. The van der Waals surface area contributed by atoms with Crippen LogP contribution in [0.2, 0.25) is 0 Å². The van der Waals surface area contributed by atoms with Crippen LogP contribution < -0.4 is 0 Å². The van der Waals surface area contributed by atoms with E-state index in [9.17, 15) is 14.7 Å². The molecule has 2 bridgehead atoms. The van der Waals surface area contributed by atoms with Crippen molar-refractivity contribution < 1.29 is 14.7 Å². The molecule has 5 heteroatoms. The quantitative estimate of drug-likeness (QED) is 0.850. The zero-order valence-electron chi connectivity index (χ0n) is 14.3. The molecule has 1 amide bonds. The van der Waals surface area contributed by atoms with E-state index < -0.39 is 11.9 Å². The maximum atomic E-state index is 13.0. The molecule has 0 aromatic heterocycles. The minimum Gasteiger partial charge on any atom is -0.481 e. The largest absolute Gasteiger partial charge is 0.481 e. The summed E-state index contributed by atoms with van der Waals surface area (Å²) in [5.41, 5.74) is 1.28. The van der Waals surface area contributed by atoms with E-state index in [2.05, 4.69) is 23.1 Å². The topological polar surface area (TPSA) is 60.9 Å². The lowest BCUT2D eigenvalue weighted by molar-refractivity contribution is -0.151. The fraction of sp³-hybridized carbons (Fsp3) is 0.500. The summed E-state index contributed by atoms with van der Waals surface area (Å²) in [4.78, 5) is 28.9. The standard InChI is InChI=1S/C20H24N2O3/c23-19(17-15-6-7-16(12-15)18(17)20(24)25)22-10-8-21(9-11-22)13-14-4-2-1-3-5-14/h1-7,15-18H,8-13H2,(H,24,25)/t15-,16+,17-,18+/m0/s1. The van der Waals surface area contributed by atoms with Gasteiger partial charge in [0.05, 0.1) is 11.8 Å². The van der Waals surface area contributed by atoms with E-state index in [-0.39, 0.29) is 23.7 Å². The van der Waals surface area contributed by atoms with Crippen molar-refractivity contribution in [2.45, 2.75) is 13.0 Å². The van der Waals surface area contributed by atoms with Crippen LogP contribution in [0.3, 0.4) is 0 Å². The van der Waals surface area contributed by atoms with Crippen molar-refractivity contribution >= 4 is 11.9 Å². The molecule has 1 heterocycles. The van der Waals surface area contributed by atoms with Crippen molar-refractivity contribution in [1.82, 2.24) is 9.80 Å². The first-order valence-corrected chi connectivity index (χ1v) is 9.09. The number of hydrogen-bond acceptors (Lipinski definition) is 3. The normalized spacial score (nSPS) is 31.4. The van der Waals surface area contributed by atoms with Gasteiger partial charge in [-0.25, -0.2) is 0 Å². The van der Waals surface area contributed by atoms with Crippen LogP contribution in [0.15, 0.2) is 42.5 Å². The molecule has 4 atom stereocenters. The molecule has 5 nitrogen and oxygen atoms in total. The molecule has 1 aliphatic heterocycles. The Kier molecular flexibility index (Phi) is 4.34. The van der Waals surface area contributed by atoms with Gasteiger partial charge in [-0.1, -0.05) is 42.5 Å². The molecule has 2 fully saturated rings. The number of allylic oxidation sites excluding steroid dienone is 2. The van der Waals surface area contributed by atoms with Gasteiger partial charge in [0.1, 0.15) is 0 Å². The van der Waals surface area contributed by atoms with Crippen LogP contribution in [0.1, 0.15) is 12.0 Å². The average molecular weight is 340 g/mol. The molecule has 0 spiro atoms. The molecule has 1 saturated carbocycles. The van der Waals surface area contributed by atoms with E-state index in [4.69, 9.17) is 0 Å². The number of piperazine rings is 1. The number of hydrogen-bond donors (Lipinski definition) is 1. The second-order valence-corrected chi connectivity index (χ2v) is 7.43. The molecule has 0 radical (unpaired) electrons. The highest BCUT2D eigenvalue weighted by Crippen LogP contribution is 2.48. The summed E-state index contributed by atoms with van der Waals surface area (Å²) in [5.74, 6) is -1.53. The fourth-order valence-electron chi connectivity index (χ4n) is 4.67. The lowest BCUT2D eigenvalue weighted by Gasteiger charge is -2.37. The minimum atomic E-state index is -0.821. The number of rotatable bonds is 4. The van der Waals surface area contributed by atoms with E-state index in [1.807, 2.05) is 29.2 Å². The van der Waals surface area contributed by atoms with Gasteiger partial charge in [-0.15, -0.1) is 0 Å².